The third kappa shape index (κ3) is 4.28. The average Bonchev–Trinajstić information content (AvgIpc) is 3.28. The Labute approximate surface area is 186 Å². The second kappa shape index (κ2) is 8.79. The summed E-state index contributed by atoms with van der Waals surface area (Å²) in [4.78, 5) is 24.5. The maximum Gasteiger partial charge on any atom is 0.262 e. The van der Waals surface area contributed by atoms with Gasteiger partial charge in [-0.05, 0) is 49.1 Å². The van der Waals surface area contributed by atoms with Crippen LogP contribution in [0.25, 0.3) is 0 Å². The monoisotopic (exact) mass is 459 g/mol. The number of benzene rings is 2. The van der Waals surface area contributed by atoms with Crippen molar-refractivity contribution in [3.05, 3.63) is 47.5 Å². The van der Waals surface area contributed by atoms with Crippen molar-refractivity contribution in [1.82, 2.24) is 9.62 Å². The quantitative estimate of drug-likeness (QED) is 0.681. The van der Waals surface area contributed by atoms with Crippen LogP contribution in [0.15, 0.2) is 41.3 Å². The molecule has 2 aliphatic rings. The molecule has 0 spiro atoms. The first-order chi connectivity index (χ1) is 15.3. The molecule has 32 heavy (non-hydrogen) atoms. The van der Waals surface area contributed by atoms with Crippen molar-refractivity contribution in [2.75, 3.05) is 25.6 Å². The first kappa shape index (κ1) is 22.1. The lowest BCUT2D eigenvalue weighted by atomic mass is 10.2. The second-order valence-corrected chi connectivity index (χ2v) is 9.65. The molecule has 0 saturated carbocycles. The van der Waals surface area contributed by atoms with Gasteiger partial charge in [0.15, 0.2) is 6.61 Å². The Balaban J connectivity index is 1.51. The summed E-state index contributed by atoms with van der Waals surface area (Å²) in [6, 6.07) is 9.51. The van der Waals surface area contributed by atoms with Crippen LogP contribution in [0.4, 0.5) is 5.69 Å². The molecule has 1 saturated heterocycles. The van der Waals surface area contributed by atoms with Gasteiger partial charge in [-0.3, -0.25) is 9.59 Å². The van der Waals surface area contributed by atoms with Crippen molar-refractivity contribution >= 4 is 27.5 Å². The Kier molecular flexibility index (Phi) is 6.07. The van der Waals surface area contributed by atoms with E-state index < -0.39 is 16.1 Å². The molecular formula is C22H25N3O6S. The Bertz CT molecular complexity index is 1150. The van der Waals surface area contributed by atoms with Gasteiger partial charge in [-0.15, -0.1) is 0 Å². The number of sulfonamides is 1. The normalized spacial score (nSPS) is 18.4. The number of ether oxygens (including phenoxy) is 2. The molecule has 2 aromatic carbocycles. The lowest BCUT2D eigenvalue weighted by molar-refractivity contribution is -0.124. The number of nitrogens with zero attached hydrogens (tertiary/aromatic N) is 1. The highest BCUT2D eigenvalue weighted by Gasteiger charge is 2.40. The minimum atomic E-state index is -3.94. The summed E-state index contributed by atoms with van der Waals surface area (Å²) in [5, 5.41) is 5.51. The molecule has 170 valence electrons. The van der Waals surface area contributed by atoms with E-state index in [0.29, 0.717) is 36.4 Å². The van der Waals surface area contributed by atoms with Crippen LogP contribution in [-0.2, 0) is 26.2 Å². The van der Waals surface area contributed by atoms with Crippen LogP contribution in [-0.4, -0.2) is 50.8 Å². The van der Waals surface area contributed by atoms with Crippen LogP contribution < -0.4 is 20.1 Å². The Morgan fingerprint density at radius 1 is 1.28 bits per heavy atom. The van der Waals surface area contributed by atoms with Gasteiger partial charge < -0.3 is 20.1 Å². The van der Waals surface area contributed by atoms with Crippen LogP contribution in [0, 0.1) is 6.92 Å². The number of aryl methyl sites for hydroxylation is 1. The van der Waals surface area contributed by atoms with Gasteiger partial charge in [-0.25, -0.2) is 8.42 Å². The Hall–Kier alpha value is -3.11. The number of anilines is 1. The maximum atomic E-state index is 13.5. The summed E-state index contributed by atoms with van der Waals surface area (Å²) in [7, 11) is -2.36. The molecule has 0 aliphatic carbocycles. The lowest BCUT2D eigenvalue weighted by Gasteiger charge is -2.26. The van der Waals surface area contributed by atoms with E-state index in [1.165, 1.54) is 10.4 Å². The summed E-state index contributed by atoms with van der Waals surface area (Å²) < 4.78 is 38.7. The zero-order chi connectivity index (χ0) is 22.9. The average molecular weight is 460 g/mol. The van der Waals surface area contributed by atoms with Gasteiger partial charge in [0, 0.05) is 19.2 Å². The van der Waals surface area contributed by atoms with Crippen molar-refractivity contribution in [3.63, 3.8) is 0 Å². The van der Waals surface area contributed by atoms with Crippen molar-refractivity contribution < 1.29 is 27.5 Å². The molecule has 0 radical (unpaired) electrons. The molecule has 4 rings (SSSR count). The van der Waals surface area contributed by atoms with Crippen molar-refractivity contribution in [1.29, 1.82) is 0 Å². The van der Waals surface area contributed by atoms with Crippen molar-refractivity contribution in [2.24, 2.45) is 0 Å². The van der Waals surface area contributed by atoms with E-state index in [2.05, 4.69) is 10.6 Å². The number of hydrogen-bond acceptors (Lipinski definition) is 6. The third-order valence-electron chi connectivity index (χ3n) is 5.63. The number of amides is 2. The van der Waals surface area contributed by atoms with Gasteiger partial charge in [0.1, 0.15) is 17.5 Å². The van der Waals surface area contributed by atoms with Crippen molar-refractivity contribution in [2.45, 2.75) is 37.2 Å². The molecule has 0 bridgehead atoms. The van der Waals surface area contributed by atoms with E-state index >= 15 is 0 Å². The fourth-order valence-corrected chi connectivity index (χ4v) is 5.84. The fourth-order valence-electron chi connectivity index (χ4n) is 3.96. The maximum absolute atomic E-state index is 13.5. The number of rotatable bonds is 6. The first-order valence-corrected chi connectivity index (χ1v) is 11.7. The van der Waals surface area contributed by atoms with Gasteiger partial charge >= 0.3 is 0 Å². The molecule has 1 fully saturated rings. The topological polar surface area (TPSA) is 114 Å². The van der Waals surface area contributed by atoms with Crippen molar-refractivity contribution in [3.8, 4) is 11.5 Å². The molecular weight excluding hydrogens is 434 g/mol. The molecule has 0 unspecified atom stereocenters. The van der Waals surface area contributed by atoms with Crippen LogP contribution >= 0.6 is 0 Å². The zero-order valence-electron chi connectivity index (χ0n) is 17.9. The molecule has 2 N–H and O–H groups in total. The largest absolute Gasteiger partial charge is 0.497 e. The van der Waals surface area contributed by atoms with Crippen LogP contribution in [0.1, 0.15) is 24.0 Å². The molecule has 2 amide bonds. The molecule has 2 aliphatic heterocycles. The SMILES string of the molecule is COc1ccc(CNC(=O)[C@H]2CCCN2S(=O)(=O)c2cc3c(cc2C)NC(=O)CO3)cc1. The van der Waals surface area contributed by atoms with Crippen LogP contribution in [0.5, 0.6) is 11.5 Å². The van der Waals surface area contributed by atoms with Gasteiger partial charge in [0.2, 0.25) is 15.9 Å². The highest BCUT2D eigenvalue weighted by molar-refractivity contribution is 7.89. The minimum Gasteiger partial charge on any atom is -0.497 e. The molecule has 10 heteroatoms. The predicted octanol–water partition coefficient (Wildman–Crippen LogP) is 1.80. The number of nitrogens with one attached hydrogen (secondary N) is 2. The van der Waals surface area contributed by atoms with Gasteiger partial charge in [-0.2, -0.15) is 4.31 Å². The molecule has 2 heterocycles. The van der Waals surface area contributed by atoms with E-state index in [9.17, 15) is 18.0 Å². The third-order valence-corrected chi connectivity index (χ3v) is 7.68. The molecule has 1 atom stereocenters. The lowest BCUT2D eigenvalue weighted by Crippen LogP contribution is -2.45. The summed E-state index contributed by atoms with van der Waals surface area (Å²) in [5.41, 5.74) is 1.79. The molecule has 2 aromatic rings. The summed E-state index contributed by atoms with van der Waals surface area (Å²) in [5.74, 6) is 0.396. The van der Waals surface area contributed by atoms with E-state index in [4.69, 9.17) is 9.47 Å². The van der Waals surface area contributed by atoms with E-state index in [-0.39, 0.29) is 29.9 Å². The van der Waals surface area contributed by atoms with E-state index in [1.807, 2.05) is 12.1 Å². The van der Waals surface area contributed by atoms with Gasteiger partial charge in [-0.1, -0.05) is 12.1 Å². The zero-order valence-corrected chi connectivity index (χ0v) is 18.7. The van der Waals surface area contributed by atoms with Gasteiger partial charge in [0.05, 0.1) is 17.7 Å². The number of methoxy groups -OCH3 is 1. The molecule has 0 aromatic heterocycles. The number of carbonyl (C=O) groups is 2. The highest BCUT2D eigenvalue weighted by Crippen LogP contribution is 2.36. The first-order valence-electron chi connectivity index (χ1n) is 10.3. The Morgan fingerprint density at radius 2 is 2.03 bits per heavy atom. The van der Waals surface area contributed by atoms with E-state index in [1.54, 1.807) is 32.2 Å². The van der Waals surface area contributed by atoms with Crippen LogP contribution in [0.2, 0.25) is 0 Å². The summed E-state index contributed by atoms with van der Waals surface area (Å²) >= 11 is 0. The number of hydrogen-bond donors (Lipinski definition) is 2. The standard InChI is InChI=1S/C22H25N3O6S/c1-14-10-17-19(31-13-21(26)24-17)11-20(14)32(28,29)25-9-3-4-18(25)22(27)23-12-15-5-7-16(30-2)8-6-15/h5-8,10-11,18H,3-4,9,12-13H2,1-2H3,(H,23,27)(H,24,26)/t18-/m1/s1. The molecule has 9 nitrogen and oxygen atoms in total. The number of carbonyl (C=O) groups excluding carboxylic acids is 2. The highest BCUT2D eigenvalue weighted by atomic mass is 32.2. The number of fused-ring (bicyclic) bond motifs is 1. The van der Waals surface area contributed by atoms with Gasteiger partial charge in [0.25, 0.3) is 5.91 Å². The minimum absolute atomic E-state index is 0.0715. The fraction of sp³-hybridized carbons (Fsp3) is 0.364. The van der Waals surface area contributed by atoms with Crippen LogP contribution in [0.3, 0.4) is 0 Å². The smallest absolute Gasteiger partial charge is 0.262 e. The predicted molar refractivity (Wildman–Crippen MR) is 117 cm³/mol. The summed E-state index contributed by atoms with van der Waals surface area (Å²) in [6.45, 7) is 2.04. The Morgan fingerprint density at radius 3 is 2.75 bits per heavy atom. The second-order valence-electron chi connectivity index (χ2n) is 7.79. The van der Waals surface area contributed by atoms with E-state index in [0.717, 1.165) is 11.3 Å². The summed E-state index contributed by atoms with van der Waals surface area (Å²) in [6.07, 6.45) is 1.04.